The monoisotopic (exact) mass is 462 g/mol. The van der Waals surface area contributed by atoms with Crippen molar-refractivity contribution in [3.63, 3.8) is 0 Å². The molecule has 4 aromatic rings. The van der Waals surface area contributed by atoms with E-state index in [0.717, 1.165) is 4.57 Å². The third kappa shape index (κ3) is 4.13. The molecule has 10 heteroatoms. The first-order valence-electron chi connectivity index (χ1n) is 10.5. The van der Waals surface area contributed by atoms with E-state index in [0.29, 0.717) is 36.0 Å². The molecule has 2 aromatic carbocycles. The van der Waals surface area contributed by atoms with E-state index in [-0.39, 0.29) is 24.1 Å². The molecule has 0 radical (unpaired) electrons. The van der Waals surface area contributed by atoms with Crippen LogP contribution >= 0.6 is 0 Å². The molecular formula is C24H19FN4O5. The van der Waals surface area contributed by atoms with Gasteiger partial charge in [-0.2, -0.15) is 0 Å². The lowest BCUT2D eigenvalue weighted by atomic mass is 10.2. The van der Waals surface area contributed by atoms with Crippen LogP contribution in [0.2, 0.25) is 0 Å². The number of pyridine rings is 1. The van der Waals surface area contributed by atoms with E-state index in [4.69, 9.17) is 9.47 Å². The predicted molar refractivity (Wildman–Crippen MR) is 122 cm³/mol. The summed E-state index contributed by atoms with van der Waals surface area (Å²) in [6.07, 6.45) is 1.44. The standard InChI is InChI=1S/C24H19FN4O5/c25-16-5-3-15(4-6-16)13-29-23(31)22-18(2-1-9-26-22)28(24(29)32)14-21(30)27-17-7-8-19-20(12-17)34-11-10-33-19/h1-9,12H,10-11,13-14H2,(H,27,30). The minimum atomic E-state index is -0.674. The van der Waals surface area contributed by atoms with Crippen molar-refractivity contribution in [1.29, 1.82) is 0 Å². The Morgan fingerprint density at radius 2 is 1.76 bits per heavy atom. The van der Waals surface area contributed by atoms with Gasteiger partial charge in [0.15, 0.2) is 17.0 Å². The summed E-state index contributed by atoms with van der Waals surface area (Å²) in [5, 5.41) is 2.74. The largest absolute Gasteiger partial charge is 0.486 e. The number of halogens is 1. The van der Waals surface area contributed by atoms with Crippen LogP contribution in [0.25, 0.3) is 11.0 Å². The van der Waals surface area contributed by atoms with E-state index in [9.17, 15) is 18.8 Å². The van der Waals surface area contributed by atoms with E-state index in [2.05, 4.69) is 10.3 Å². The number of anilines is 1. The van der Waals surface area contributed by atoms with E-state index in [1.54, 1.807) is 30.3 Å². The van der Waals surface area contributed by atoms with Gasteiger partial charge in [-0.1, -0.05) is 12.1 Å². The van der Waals surface area contributed by atoms with E-state index >= 15 is 0 Å². The molecule has 1 aliphatic heterocycles. The smallest absolute Gasteiger partial charge is 0.332 e. The highest BCUT2D eigenvalue weighted by Gasteiger charge is 2.18. The van der Waals surface area contributed by atoms with Gasteiger partial charge in [-0.15, -0.1) is 0 Å². The van der Waals surface area contributed by atoms with Gasteiger partial charge >= 0.3 is 5.69 Å². The lowest BCUT2D eigenvalue weighted by molar-refractivity contribution is -0.116. The topological polar surface area (TPSA) is 104 Å². The summed E-state index contributed by atoms with van der Waals surface area (Å²) >= 11 is 0. The first-order chi connectivity index (χ1) is 16.5. The van der Waals surface area contributed by atoms with Crippen LogP contribution in [-0.2, 0) is 17.9 Å². The Hall–Kier alpha value is -4.47. The molecule has 9 nitrogen and oxygen atoms in total. The number of hydrogen-bond acceptors (Lipinski definition) is 6. The van der Waals surface area contributed by atoms with Crippen LogP contribution in [0, 0.1) is 5.82 Å². The van der Waals surface area contributed by atoms with Crippen LogP contribution in [0.3, 0.4) is 0 Å². The first kappa shape index (κ1) is 21.4. The van der Waals surface area contributed by atoms with Crippen LogP contribution in [0.5, 0.6) is 11.5 Å². The lowest BCUT2D eigenvalue weighted by Crippen LogP contribution is -2.42. The second kappa shape index (κ2) is 8.81. The Morgan fingerprint density at radius 3 is 2.56 bits per heavy atom. The third-order valence-electron chi connectivity index (χ3n) is 5.37. The highest BCUT2D eigenvalue weighted by atomic mass is 19.1. The van der Waals surface area contributed by atoms with Crippen molar-refractivity contribution in [1.82, 2.24) is 14.1 Å². The molecule has 0 unspecified atom stereocenters. The van der Waals surface area contributed by atoms with Crippen LogP contribution in [-0.4, -0.2) is 33.2 Å². The molecule has 2 aromatic heterocycles. The van der Waals surface area contributed by atoms with Crippen molar-refractivity contribution < 1.29 is 18.7 Å². The number of amides is 1. The number of carbonyl (C=O) groups is 1. The van der Waals surface area contributed by atoms with Crippen LogP contribution in [0.1, 0.15) is 5.56 Å². The quantitative estimate of drug-likeness (QED) is 0.488. The normalized spacial score (nSPS) is 12.5. The number of nitrogens with zero attached hydrogens (tertiary/aromatic N) is 3. The summed E-state index contributed by atoms with van der Waals surface area (Å²) in [7, 11) is 0. The molecule has 0 atom stereocenters. The highest BCUT2D eigenvalue weighted by Crippen LogP contribution is 2.32. The van der Waals surface area contributed by atoms with Gasteiger partial charge in [0, 0.05) is 18.0 Å². The molecule has 0 aliphatic carbocycles. The number of hydrogen-bond donors (Lipinski definition) is 1. The molecule has 1 amide bonds. The Labute approximate surface area is 192 Å². The fourth-order valence-electron chi connectivity index (χ4n) is 3.77. The average molecular weight is 462 g/mol. The lowest BCUT2D eigenvalue weighted by Gasteiger charge is -2.19. The maximum absolute atomic E-state index is 13.3. The van der Waals surface area contributed by atoms with E-state index in [1.807, 2.05) is 0 Å². The van der Waals surface area contributed by atoms with Gasteiger partial charge in [0.1, 0.15) is 25.6 Å². The Kier molecular flexibility index (Phi) is 5.54. The summed E-state index contributed by atoms with van der Waals surface area (Å²) in [6.45, 7) is 0.429. The molecular weight excluding hydrogens is 443 g/mol. The van der Waals surface area contributed by atoms with Gasteiger partial charge in [0.25, 0.3) is 5.56 Å². The molecule has 0 saturated carbocycles. The van der Waals surface area contributed by atoms with Gasteiger partial charge in [0.2, 0.25) is 5.91 Å². The van der Waals surface area contributed by atoms with Gasteiger partial charge in [-0.3, -0.25) is 18.7 Å². The molecule has 1 aliphatic rings. The molecule has 3 heterocycles. The van der Waals surface area contributed by atoms with Gasteiger partial charge in [0.05, 0.1) is 12.1 Å². The molecule has 0 bridgehead atoms. The number of aromatic nitrogens is 3. The zero-order valence-corrected chi connectivity index (χ0v) is 17.9. The number of ether oxygens (including phenoxy) is 2. The maximum Gasteiger partial charge on any atom is 0.332 e. The zero-order chi connectivity index (χ0) is 23.7. The second-order valence-electron chi connectivity index (χ2n) is 7.66. The minimum absolute atomic E-state index is 0.0522. The first-order valence-corrected chi connectivity index (χ1v) is 10.5. The average Bonchev–Trinajstić information content (AvgIpc) is 2.85. The van der Waals surface area contributed by atoms with Crippen molar-refractivity contribution in [2.75, 3.05) is 18.5 Å². The number of carbonyl (C=O) groups excluding carboxylic acids is 1. The van der Waals surface area contributed by atoms with Gasteiger partial charge in [-0.25, -0.2) is 14.2 Å². The van der Waals surface area contributed by atoms with Crippen molar-refractivity contribution in [3.05, 3.63) is 93.0 Å². The number of fused-ring (bicyclic) bond motifs is 2. The number of rotatable bonds is 5. The van der Waals surface area contributed by atoms with E-state index < -0.39 is 23.0 Å². The van der Waals surface area contributed by atoms with Crippen LogP contribution in [0.4, 0.5) is 10.1 Å². The number of nitrogens with one attached hydrogen (secondary N) is 1. The van der Waals surface area contributed by atoms with Gasteiger partial charge in [-0.05, 0) is 42.0 Å². The predicted octanol–water partition coefficient (Wildman–Crippen LogP) is 2.16. The molecule has 0 spiro atoms. The highest BCUT2D eigenvalue weighted by molar-refractivity contribution is 5.91. The fourth-order valence-corrected chi connectivity index (χ4v) is 3.77. The van der Waals surface area contributed by atoms with Gasteiger partial charge < -0.3 is 14.8 Å². The van der Waals surface area contributed by atoms with Crippen molar-refractivity contribution in [2.24, 2.45) is 0 Å². The van der Waals surface area contributed by atoms with Crippen LogP contribution < -0.4 is 26.0 Å². The van der Waals surface area contributed by atoms with Crippen molar-refractivity contribution in [2.45, 2.75) is 13.1 Å². The van der Waals surface area contributed by atoms with Crippen LogP contribution in [0.15, 0.2) is 70.4 Å². The fraction of sp³-hybridized carbons (Fsp3) is 0.167. The Morgan fingerprint density at radius 1 is 1.00 bits per heavy atom. The SMILES string of the molecule is O=C(Cn1c(=O)n(Cc2ccc(F)cc2)c(=O)c2ncccc21)Nc1ccc2c(c1)OCCO2. The minimum Gasteiger partial charge on any atom is -0.486 e. The van der Waals surface area contributed by atoms with Crippen molar-refractivity contribution >= 4 is 22.6 Å². The maximum atomic E-state index is 13.3. The summed E-state index contributed by atoms with van der Waals surface area (Å²) in [6, 6.07) is 13.6. The van der Waals surface area contributed by atoms with Crippen molar-refractivity contribution in [3.8, 4) is 11.5 Å². The summed E-state index contributed by atoms with van der Waals surface area (Å²) in [4.78, 5) is 43.2. The summed E-state index contributed by atoms with van der Waals surface area (Å²) < 4.78 is 26.5. The summed E-state index contributed by atoms with van der Waals surface area (Å²) in [5.74, 6) is 0.203. The molecule has 0 fully saturated rings. The Balaban J connectivity index is 1.48. The number of benzene rings is 2. The Bertz CT molecular complexity index is 1510. The second-order valence-corrected chi connectivity index (χ2v) is 7.66. The molecule has 5 rings (SSSR count). The molecule has 34 heavy (non-hydrogen) atoms. The molecule has 0 saturated heterocycles. The molecule has 1 N–H and O–H groups in total. The molecule has 172 valence electrons. The van der Waals surface area contributed by atoms with E-state index in [1.165, 1.54) is 35.0 Å². The third-order valence-corrected chi connectivity index (χ3v) is 5.37. The zero-order valence-electron chi connectivity index (χ0n) is 17.9. The summed E-state index contributed by atoms with van der Waals surface area (Å²) in [5.41, 5.74) is 0.0645.